The quantitative estimate of drug-likeness (QED) is 0.181. The van der Waals surface area contributed by atoms with Crippen LogP contribution in [0.4, 0.5) is 0 Å². The first-order valence-corrected chi connectivity index (χ1v) is 15.2. The number of rotatable bonds is 22. The van der Waals surface area contributed by atoms with Crippen LogP contribution in [0.3, 0.4) is 0 Å². The molecule has 254 valence electrons. The molecule has 0 aliphatic heterocycles. The second-order valence-electron chi connectivity index (χ2n) is 11.6. The number of hydrogen-bond donors (Lipinski definition) is 1. The Balaban J connectivity index is 5.84. The molecule has 11 nitrogen and oxygen atoms in total. The lowest BCUT2D eigenvalue weighted by atomic mass is 10.1. The van der Waals surface area contributed by atoms with Crippen molar-refractivity contribution in [1.82, 2.24) is 24.9 Å². The highest BCUT2D eigenvalue weighted by Gasteiger charge is 2.23. The number of Topliss-reactive ketones (excluding diaryl/α,β-unsaturated/α-hetero) is 1. The van der Waals surface area contributed by atoms with E-state index in [1.807, 2.05) is 0 Å². The Kier molecular flexibility index (Phi) is 18.5. The van der Waals surface area contributed by atoms with Crippen LogP contribution >= 0.6 is 0 Å². The number of carbonyl (C=O) groups excluding carboxylic acids is 6. The van der Waals surface area contributed by atoms with Gasteiger partial charge in [-0.25, -0.2) is 0 Å². The van der Waals surface area contributed by atoms with Crippen molar-refractivity contribution in [3.8, 4) is 0 Å². The minimum Gasteiger partial charge on any atom is -0.351 e. The fourth-order valence-corrected chi connectivity index (χ4v) is 4.16. The van der Waals surface area contributed by atoms with E-state index in [1.54, 1.807) is 46.4 Å². The number of nitrogens with zero attached hydrogens (tertiary/aromatic N) is 4. The fraction of sp³-hybridized carbons (Fsp3) is 0.486. The summed E-state index contributed by atoms with van der Waals surface area (Å²) in [5.74, 6) is -1.69. The molecule has 0 radical (unpaired) electrons. The Morgan fingerprint density at radius 2 is 0.739 bits per heavy atom. The van der Waals surface area contributed by atoms with E-state index in [2.05, 4.69) is 44.8 Å². The normalized spacial score (nSPS) is 10.2. The van der Waals surface area contributed by atoms with Gasteiger partial charge in [0.25, 0.3) is 0 Å². The Morgan fingerprint density at radius 1 is 0.435 bits per heavy atom. The van der Waals surface area contributed by atoms with Crippen LogP contribution < -0.4 is 5.32 Å². The first-order valence-electron chi connectivity index (χ1n) is 15.2. The summed E-state index contributed by atoms with van der Waals surface area (Å²) in [5, 5.41) is 2.70. The second-order valence-corrected chi connectivity index (χ2v) is 11.6. The molecule has 0 unspecified atom stereocenters. The van der Waals surface area contributed by atoms with Crippen LogP contribution in [0.5, 0.6) is 0 Å². The highest BCUT2D eigenvalue weighted by Crippen LogP contribution is 2.09. The van der Waals surface area contributed by atoms with E-state index < -0.39 is 0 Å². The van der Waals surface area contributed by atoms with Gasteiger partial charge in [0.05, 0.1) is 0 Å². The number of amides is 5. The smallest absolute Gasteiger partial charge is 0.249 e. The first-order chi connectivity index (χ1) is 21.3. The van der Waals surface area contributed by atoms with Crippen LogP contribution in [-0.2, 0) is 28.8 Å². The van der Waals surface area contributed by atoms with Gasteiger partial charge in [-0.1, -0.05) is 39.5 Å². The van der Waals surface area contributed by atoms with Gasteiger partial charge in [0, 0.05) is 93.2 Å². The predicted octanol–water partition coefficient (Wildman–Crippen LogP) is 3.22. The van der Waals surface area contributed by atoms with Gasteiger partial charge in [0.1, 0.15) is 0 Å². The Labute approximate surface area is 275 Å². The van der Waals surface area contributed by atoms with Gasteiger partial charge in [-0.2, -0.15) is 0 Å². The third-order valence-corrected chi connectivity index (χ3v) is 6.89. The van der Waals surface area contributed by atoms with Gasteiger partial charge < -0.3 is 24.9 Å². The number of allylic oxidation sites excluding steroid dienone is 1. The number of carbonyl (C=O) groups is 6. The molecule has 0 spiro atoms. The van der Waals surface area contributed by atoms with E-state index in [0.717, 1.165) is 0 Å². The summed E-state index contributed by atoms with van der Waals surface area (Å²) in [4.78, 5) is 82.0. The molecule has 1 N–H and O–H groups in total. The molecule has 0 saturated heterocycles. The number of nitrogens with one attached hydrogen (secondary N) is 1. The zero-order chi connectivity index (χ0) is 35.7. The van der Waals surface area contributed by atoms with Crippen LogP contribution in [-0.4, -0.2) is 114 Å². The SMILES string of the molecule is C=C(C)C(=O)CCCN(CCN(CCN(CCN(CCNC(=O)C(=C)C)C(=O)C(=C)C)C(=O)C(=C)C)C(=O)C(=C)C)C(=O)C(=C)C. The molecule has 0 bridgehead atoms. The lowest BCUT2D eigenvalue weighted by Crippen LogP contribution is -2.48. The standard InChI is InChI=1S/C35H53N5O6/c1-24(2)30(41)14-13-16-37(32(43)26(5)6)18-20-39(34(45)28(9)10)22-23-40(35(46)29(11)12)21-19-38(33(44)27(7)8)17-15-36-31(42)25(3)4/h1,3,5,7,9,11,13-23H2,2,4,6,8,10,12H3,(H,36,42). The van der Waals surface area contributed by atoms with Crippen molar-refractivity contribution in [2.24, 2.45) is 0 Å². The van der Waals surface area contributed by atoms with Crippen LogP contribution in [0.1, 0.15) is 54.4 Å². The summed E-state index contributed by atoms with van der Waals surface area (Å²) in [5.41, 5.74) is 2.00. The molecule has 11 heteroatoms. The monoisotopic (exact) mass is 639 g/mol. The summed E-state index contributed by atoms with van der Waals surface area (Å²) in [6.45, 7) is 33.4. The maximum absolute atomic E-state index is 13.1. The molecule has 0 rings (SSSR count). The van der Waals surface area contributed by atoms with Crippen molar-refractivity contribution in [3.05, 3.63) is 72.9 Å². The third kappa shape index (κ3) is 15.0. The van der Waals surface area contributed by atoms with Crippen LogP contribution in [0.25, 0.3) is 0 Å². The summed E-state index contributed by atoms with van der Waals surface area (Å²) >= 11 is 0. The van der Waals surface area contributed by atoms with Gasteiger partial charge in [-0.15, -0.1) is 0 Å². The summed E-state index contributed by atoms with van der Waals surface area (Å²) in [6.07, 6.45) is 0.670. The predicted molar refractivity (Wildman–Crippen MR) is 182 cm³/mol. The molecule has 0 heterocycles. The molecular weight excluding hydrogens is 586 g/mol. The van der Waals surface area contributed by atoms with E-state index in [1.165, 1.54) is 14.7 Å². The molecule has 0 aromatic heterocycles. The van der Waals surface area contributed by atoms with E-state index >= 15 is 0 Å². The average Bonchev–Trinajstić information content (AvgIpc) is 2.98. The highest BCUT2D eigenvalue weighted by molar-refractivity contribution is 5.95. The van der Waals surface area contributed by atoms with E-state index in [9.17, 15) is 28.8 Å². The van der Waals surface area contributed by atoms with Crippen LogP contribution in [0, 0.1) is 0 Å². The maximum atomic E-state index is 13.1. The minimum absolute atomic E-state index is 0.0794. The van der Waals surface area contributed by atoms with Crippen molar-refractivity contribution in [2.75, 3.05) is 58.9 Å². The topological polar surface area (TPSA) is 127 Å². The van der Waals surface area contributed by atoms with E-state index in [0.29, 0.717) is 35.3 Å². The van der Waals surface area contributed by atoms with Gasteiger partial charge in [0.2, 0.25) is 29.5 Å². The van der Waals surface area contributed by atoms with Crippen LogP contribution in [0.15, 0.2) is 72.9 Å². The zero-order valence-corrected chi connectivity index (χ0v) is 28.8. The summed E-state index contributed by atoms with van der Waals surface area (Å²) in [6, 6.07) is 0. The summed E-state index contributed by atoms with van der Waals surface area (Å²) in [7, 11) is 0. The molecule has 0 saturated carbocycles. The molecule has 0 atom stereocenters. The fourth-order valence-electron chi connectivity index (χ4n) is 4.16. The van der Waals surface area contributed by atoms with Gasteiger partial charge >= 0.3 is 0 Å². The van der Waals surface area contributed by atoms with E-state index in [-0.39, 0.29) is 105 Å². The van der Waals surface area contributed by atoms with Crippen molar-refractivity contribution < 1.29 is 28.8 Å². The zero-order valence-electron chi connectivity index (χ0n) is 28.8. The third-order valence-electron chi connectivity index (χ3n) is 6.89. The molecule has 46 heavy (non-hydrogen) atoms. The van der Waals surface area contributed by atoms with Gasteiger partial charge in [-0.3, -0.25) is 28.8 Å². The molecular formula is C35H53N5O6. The molecule has 0 fully saturated rings. The number of hydrogen-bond acceptors (Lipinski definition) is 6. The lowest BCUT2D eigenvalue weighted by Gasteiger charge is -2.32. The molecule has 0 aromatic carbocycles. The van der Waals surface area contributed by atoms with Crippen molar-refractivity contribution in [1.29, 1.82) is 0 Å². The largest absolute Gasteiger partial charge is 0.351 e. The van der Waals surface area contributed by atoms with E-state index in [4.69, 9.17) is 0 Å². The van der Waals surface area contributed by atoms with Crippen molar-refractivity contribution >= 4 is 35.3 Å². The van der Waals surface area contributed by atoms with Crippen molar-refractivity contribution in [2.45, 2.75) is 54.4 Å². The number of ketones is 1. The maximum Gasteiger partial charge on any atom is 0.249 e. The first kappa shape index (κ1) is 41.5. The van der Waals surface area contributed by atoms with Crippen LogP contribution in [0.2, 0.25) is 0 Å². The summed E-state index contributed by atoms with van der Waals surface area (Å²) < 4.78 is 0. The molecule has 5 amide bonds. The average molecular weight is 640 g/mol. The van der Waals surface area contributed by atoms with Gasteiger partial charge in [0.15, 0.2) is 5.78 Å². The van der Waals surface area contributed by atoms with Crippen molar-refractivity contribution in [3.63, 3.8) is 0 Å². The molecule has 0 aliphatic carbocycles. The molecule has 0 aliphatic rings. The Bertz CT molecular complexity index is 1170. The molecule has 0 aromatic rings. The highest BCUT2D eigenvalue weighted by atomic mass is 16.2. The Morgan fingerprint density at radius 3 is 1.02 bits per heavy atom. The second kappa shape index (κ2) is 20.5. The lowest BCUT2D eigenvalue weighted by molar-refractivity contribution is -0.133. The van der Waals surface area contributed by atoms with Gasteiger partial charge in [-0.05, 0) is 53.5 Å². The minimum atomic E-state index is -0.345. The Hall–Kier alpha value is -4.54.